The average molecular weight is 383 g/mol. The van der Waals surface area contributed by atoms with E-state index < -0.39 is 6.04 Å². The van der Waals surface area contributed by atoms with Crippen molar-refractivity contribution < 1.29 is 18.7 Å². The van der Waals surface area contributed by atoms with Crippen LogP contribution in [0.1, 0.15) is 6.42 Å². The molecule has 0 saturated carbocycles. The first-order chi connectivity index (χ1) is 13.6. The number of anilines is 2. The van der Waals surface area contributed by atoms with E-state index in [1.165, 1.54) is 17.0 Å². The standard InChI is InChI=1S/C21H22FN3O3/c1-28-18-4-2-3-17(13-18)25-20(26)14-19(21(25)27)24-11-9-23(10-12-24)16-7-5-15(22)6-8-16/h2-8,13,19H,9-12,14H2,1H3/t19-/m1/s1. The Morgan fingerprint density at radius 1 is 0.964 bits per heavy atom. The fourth-order valence-corrected chi connectivity index (χ4v) is 3.87. The van der Waals surface area contributed by atoms with Crippen molar-refractivity contribution >= 4 is 23.2 Å². The number of carbonyl (C=O) groups is 2. The Balaban J connectivity index is 1.44. The number of imide groups is 1. The predicted molar refractivity (Wildman–Crippen MR) is 104 cm³/mol. The van der Waals surface area contributed by atoms with Gasteiger partial charge >= 0.3 is 0 Å². The summed E-state index contributed by atoms with van der Waals surface area (Å²) in [4.78, 5) is 31.0. The third-order valence-electron chi connectivity index (χ3n) is 5.38. The molecule has 2 aromatic carbocycles. The SMILES string of the molecule is COc1cccc(N2C(=O)C[C@@H](N3CCN(c4ccc(F)cc4)CC3)C2=O)c1. The van der Waals surface area contributed by atoms with Gasteiger partial charge in [-0.1, -0.05) is 6.07 Å². The van der Waals surface area contributed by atoms with Crippen LogP contribution in [0.2, 0.25) is 0 Å². The second-order valence-electron chi connectivity index (χ2n) is 6.99. The molecule has 0 unspecified atom stereocenters. The van der Waals surface area contributed by atoms with Gasteiger partial charge in [0.2, 0.25) is 5.91 Å². The van der Waals surface area contributed by atoms with Crippen LogP contribution in [0.15, 0.2) is 48.5 Å². The predicted octanol–water partition coefficient (Wildman–Crippen LogP) is 2.29. The largest absolute Gasteiger partial charge is 0.497 e. The van der Waals surface area contributed by atoms with Crippen molar-refractivity contribution in [2.24, 2.45) is 0 Å². The number of hydrogen-bond donors (Lipinski definition) is 0. The molecule has 2 heterocycles. The van der Waals surface area contributed by atoms with E-state index in [0.29, 0.717) is 24.5 Å². The molecule has 1 atom stereocenters. The monoisotopic (exact) mass is 383 g/mol. The number of nitrogens with zero attached hydrogens (tertiary/aromatic N) is 3. The van der Waals surface area contributed by atoms with Crippen LogP contribution >= 0.6 is 0 Å². The van der Waals surface area contributed by atoms with Crippen LogP contribution in [0.3, 0.4) is 0 Å². The summed E-state index contributed by atoms with van der Waals surface area (Å²) in [7, 11) is 1.55. The number of methoxy groups -OCH3 is 1. The molecule has 0 radical (unpaired) electrons. The molecule has 4 rings (SSSR count). The van der Waals surface area contributed by atoms with E-state index in [1.807, 2.05) is 0 Å². The van der Waals surface area contributed by atoms with E-state index >= 15 is 0 Å². The molecule has 0 aliphatic carbocycles. The van der Waals surface area contributed by atoms with E-state index in [0.717, 1.165) is 18.8 Å². The minimum absolute atomic E-state index is 0.187. The zero-order valence-electron chi connectivity index (χ0n) is 15.7. The zero-order valence-corrected chi connectivity index (χ0v) is 15.7. The summed E-state index contributed by atoms with van der Waals surface area (Å²) >= 11 is 0. The maximum absolute atomic E-state index is 13.1. The summed E-state index contributed by atoms with van der Waals surface area (Å²) in [6.07, 6.45) is 0.187. The topological polar surface area (TPSA) is 53.1 Å². The van der Waals surface area contributed by atoms with Gasteiger partial charge in [0.05, 0.1) is 25.3 Å². The highest BCUT2D eigenvalue weighted by Gasteiger charge is 2.43. The number of ether oxygens (including phenoxy) is 1. The lowest BCUT2D eigenvalue weighted by molar-refractivity contribution is -0.123. The highest BCUT2D eigenvalue weighted by Crippen LogP contribution is 2.29. The van der Waals surface area contributed by atoms with Gasteiger partial charge in [-0.25, -0.2) is 9.29 Å². The third kappa shape index (κ3) is 3.45. The van der Waals surface area contributed by atoms with Gasteiger partial charge in [-0.3, -0.25) is 14.5 Å². The van der Waals surface area contributed by atoms with Crippen molar-refractivity contribution in [2.75, 3.05) is 43.1 Å². The highest BCUT2D eigenvalue weighted by molar-refractivity contribution is 6.22. The van der Waals surface area contributed by atoms with Crippen molar-refractivity contribution in [3.8, 4) is 5.75 Å². The Kier molecular flexibility index (Phi) is 5.00. The lowest BCUT2D eigenvalue weighted by atomic mass is 10.1. The van der Waals surface area contributed by atoms with Gasteiger partial charge in [0.25, 0.3) is 5.91 Å². The number of rotatable bonds is 4. The van der Waals surface area contributed by atoms with E-state index in [-0.39, 0.29) is 24.1 Å². The maximum atomic E-state index is 13.1. The second kappa shape index (κ2) is 7.59. The van der Waals surface area contributed by atoms with Crippen LogP contribution in [0, 0.1) is 5.82 Å². The molecule has 0 spiro atoms. The summed E-state index contributed by atoms with van der Waals surface area (Å²) in [5.74, 6) is -0.0257. The minimum atomic E-state index is -0.436. The van der Waals surface area contributed by atoms with Crippen molar-refractivity contribution in [1.82, 2.24) is 4.90 Å². The Bertz CT molecular complexity index is 879. The van der Waals surface area contributed by atoms with Crippen LogP contribution in [-0.4, -0.2) is 56.0 Å². The fourth-order valence-electron chi connectivity index (χ4n) is 3.87. The van der Waals surface area contributed by atoms with E-state index in [4.69, 9.17) is 4.74 Å². The van der Waals surface area contributed by atoms with Gasteiger partial charge < -0.3 is 9.64 Å². The molecule has 6 nitrogen and oxygen atoms in total. The van der Waals surface area contributed by atoms with Crippen molar-refractivity contribution in [3.05, 3.63) is 54.3 Å². The Morgan fingerprint density at radius 2 is 1.68 bits per heavy atom. The second-order valence-corrected chi connectivity index (χ2v) is 6.99. The average Bonchev–Trinajstić information content (AvgIpc) is 3.03. The summed E-state index contributed by atoms with van der Waals surface area (Å²) in [6.45, 7) is 2.80. The van der Waals surface area contributed by atoms with Crippen LogP contribution in [-0.2, 0) is 9.59 Å². The van der Waals surface area contributed by atoms with Gasteiger partial charge in [0, 0.05) is 37.9 Å². The van der Waals surface area contributed by atoms with Crippen molar-refractivity contribution in [1.29, 1.82) is 0 Å². The number of amides is 2. The lowest BCUT2D eigenvalue weighted by Crippen LogP contribution is -2.52. The summed E-state index contributed by atoms with van der Waals surface area (Å²) < 4.78 is 18.3. The van der Waals surface area contributed by atoms with Gasteiger partial charge in [-0.05, 0) is 36.4 Å². The molecule has 2 amide bonds. The number of carbonyl (C=O) groups excluding carboxylic acids is 2. The maximum Gasteiger partial charge on any atom is 0.251 e. The molecule has 2 fully saturated rings. The molecule has 0 aromatic heterocycles. The highest BCUT2D eigenvalue weighted by atomic mass is 19.1. The first-order valence-corrected chi connectivity index (χ1v) is 9.32. The number of piperazine rings is 1. The van der Waals surface area contributed by atoms with Crippen LogP contribution in [0.25, 0.3) is 0 Å². The Labute approximate surface area is 163 Å². The van der Waals surface area contributed by atoms with Gasteiger partial charge in [0.1, 0.15) is 11.6 Å². The minimum Gasteiger partial charge on any atom is -0.497 e. The first-order valence-electron chi connectivity index (χ1n) is 9.32. The Morgan fingerprint density at radius 3 is 2.36 bits per heavy atom. The molecule has 0 bridgehead atoms. The van der Waals surface area contributed by atoms with Crippen LogP contribution in [0.5, 0.6) is 5.75 Å². The smallest absolute Gasteiger partial charge is 0.251 e. The normalized spacial score (nSPS) is 20.7. The van der Waals surface area contributed by atoms with Gasteiger partial charge in [-0.2, -0.15) is 0 Å². The van der Waals surface area contributed by atoms with E-state index in [1.54, 1.807) is 43.5 Å². The number of hydrogen-bond acceptors (Lipinski definition) is 5. The third-order valence-corrected chi connectivity index (χ3v) is 5.38. The van der Waals surface area contributed by atoms with Crippen LogP contribution < -0.4 is 14.5 Å². The summed E-state index contributed by atoms with van der Waals surface area (Å²) in [5, 5.41) is 0. The first kappa shape index (κ1) is 18.4. The molecule has 7 heteroatoms. The number of halogens is 1. The van der Waals surface area contributed by atoms with Crippen molar-refractivity contribution in [2.45, 2.75) is 12.5 Å². The molecular formula is C21H22FN3O3. The van der Waals surface area contributed by atoms with E-state index in [9.17, 15) is 14.0 Å². The van der Waals surface area contributed by atoms with Gasteiger partial charge in [-0.15, -0.1) is 0 Å². The lowest BCUT2D eigenvalue weighted by Gasteiger charge is -2.38. The summed E-state index contributed by atoms with van der Waals surface area (Å²) in [5.41, 5.74) is 1.51. The molecule has 2 saturated heterocycles. The molecular weight excluding hydrogens is 361 g/mol. The Hall–Kier alpha value is -2.93. The number of benzene rings is 2. The van der Waals surface area contributed by atoms with E-state index in [2.05, 4.69) is 9.80 Å². The molecule has 2 aliphatic heterocycles. The molecule has 2 aromatic rings. The zero-order chi connectivity index (χ0) is 19.7. The van der Waals surface area contributed by atoms with Crippen molar-refractivity contribution in [3.63, 3.8) is 0 Å². The molecule has 0 N–H and O–H groups in total. The molecule has 146 valence electrons. The fraction of sp³-hybridized carbons (Fsp3) is 0.333. The summed E-state index contributed by atoms with van der Waals surface area (Å²) in [6, 6.07) is 13.0. The molecule has 2 aliphatic rings. The quantitative estimate of drug-likeness (QED) is 0.759. The van der Waals surface area contributed by atoms with Crippen LogP contribution in [0.4, 0.5) is 15.8 Å². The molecule has 28 heavy (non-hydrogen) atoms. The van der Waals surface area contributed by atoms with Gasteiger partial charge in [0.15, 0.2) is 0 Å².